The van der Waals surface area contributed by atoms with E-state index in [1.165, 1.54) is 6.08 Å². The maximum Gasteiger partial charge on any atom is 0.221 e. The number of ketones is 1. The molecule has 2 aromatic carbocycles. The van der Waals surface area contributed by atoms with Crippen LogP contribution in [0.4, 0.5) is 0 Å². The summed E-state index contributed by atoms with van der Waals surface area (Å²) in [5, 5.41) is 1.41. The number of carbonyl (C=O) groups excluding carboxylic acids is 1. The van der Waals surface area contributed by atoms with Crippen molar-refractivity contribution in [3.63, 3.8) is 0 Å². The maximum atomic E-state index is 12.4. The van der Waals surface area contributed by atoms with Crippen LogP contribution in [0.15, 0.2) is 81.6 Å². The van der Waals surface area contributed by atoms with Crippen LogP contribution in [0, 0.1) is 0 Å². The van der Waals surface area contributed by atoms with Gasteiger partial charge in [0.1, 0.15) is 17.3 Å². The lowest BCUT2D eigenvalue weighted by atomic mass is 10.2. The first kappa shape index (κ1) is 19.6. The van der Waals surface area contributed by atoms with Crippen molar-refractivity contribution in [2.75, 3.05) is 0 Å². The summed E-state index contributed by atoms with van der Waals surface area (Å²) >= 11 is 18.4. The summed E-state index contributed by atoms with van der Waals surface area (Å²) in [6.07, 6.45) is 2.96. The second kappa shape index (κ2) is 8.34. The SMILES string of the molecule is O=C(C=Cc1ccc(-c2cccc(Cl)c2Cl)o1)c1ccc(-c2ccccc2Cl)o1. The highest BCUT2D eigenvalue weighted by atomic mass is 35.5. The molecule has 2 aromatic heterocycles. The van der Waals surface area contributed by atoms with E-state index in [2.05, 4.69) is 0 Å². The molecule has 0 aliphatic heterocycles. The van der Waals surface area contributed by atoms with Crippen molar-refractivity contribution in [1.82, 2.24) is 0 Å². The molecule has 0 fully saturated rings. The quantitative estimate of drug-likeness (QED) is 0.231. The summed E-state index contributed by atoms with van der Waals surface area (Å²) < 4.78 is 11.4. The molecule has 4 aromatic rings. The van der Waals surface area contributed by atoms with Gasteiger partial charge in [0.25, 0.3) is 0 Å². The first-order valence-corrected chi connectivity index (χ1v) is 9.77. The standard InChI is InChI=1S/C23H13Cl3O3/c24-17-6-2-1-4-15(17)20-12-13-22(29-20)19(27)10-8-14-9-11-21(28-14)16-5-3-7-18(25)23(16)26/h1-13H. The predicted molar refractivity (Wildman–Crippen MR) is 117 cm³/mol. The normalized spacial score (nSPS) is 11.3. The van der Waals surface area contributed by atoms with Gasteiger partial charge in [0.15, 0.2) is 5.76 Å². The van der Waals surface area contributed by atoms with Gasteiger partial charge in [0.05, 0.1) is 15.1 Å². The summed E-state index contributed by atoms with van der Waals surface area (Å²) in [6, 6.07) is 19.4. The number of rotatable bonds is 5. The second-order valence-corrected chi connectivity index (χ2v) is 7.34. The van der Waals surface area contributed by atoms with Gasteiger partial charge in [-0.05, 0) is 60.7 Å². The first-order valence-electron chi connectivity index (χ1n) is 8.64. The van der Waals surface area contributed by atoms with Crippen molar-refractivity contribution < 1.29 is 13.6 Å². The van der Waals surface area contributed by atoms with Crippen LogP contribution in [0.25, 0.3) is 28.7 Å². The summed E-state index contributed by atoms with van der Waals surface area (Å²) in [5.74, 6) is 1.51. The van der Waals surface area contributed by atoms with E-state index in [1.807, 2.05) is 24.3 Å². The monoisotopic (exact) mass is 442 g/mol. The van der Waals surface area contributed by atoms with Gasteiger partial charge in [-0.25, -0.2) is 0 Å². The fourth-order valence-electron chi connectivity index (χ4n) is 2.80. The van der Waals surface area contributed by atoms with E-state index in [-0.39, 0.29) is 11.5 Å². The third kappa shape index (κ3) is 4.18. The van der Waals surface area contributed by atoms with Gasteiger partial charge >= 0.3 is 0 Å². The zero-order valence-corrected chi connectivity index (χ0v) is 17.1. The summed E-state index contributed by atoms with van der Waals surface area (Å²) in [7, 11) is 0. The summed E-state index contributed by atoms with van der Waals surface area (Å²) in [5.41, 5.74) is 1.41. The molecule has 0 spiro atoms. The second-order valence-electron chi connectivity index (χ2n) is 6.14. The number of allylic oxidation sites excluding steroid dienone is 1. The number of hydrogen-bond donors (Lipinski definition) is 0. The predicted octanol–water partition coefficient (Wildman–Crippen LogP) is 8.06. The van der Waals surface area contributed by atoms with Gasteiger partial charge in [-0.15, -0.1) is 0 Å². The Hall–Kier alpha value is -2.72. The van der Waals surface area contributed by atoms with Gasteiger partial charge in [-0.3, -0.25) is 4.79 Å². The van der Waals surface area contributed by atoms with Crippen LogP contribution < -0.4 is 0 Å². The van der Waals surface area contributed by atoms with Crippen LogP contribution in [0.2, 0.25) is 15.1 Å². The number of carbonyl (C=O) groups is 1. The first-order chi connectivity index (χ1) is 14.0. The molecule has 4 rings (SSSR count). The Morgan fingerprint density at radius 3 is 2.24 bits per heavy atom. The van der Waals surface area contributed by atoms with E-state index >= 15 is 0 Å². The van der Waals surface area contributed by atoms with Crippen LogP contribution in [-0.4, -0.2) is 5.78 Å². The number of furan rings is 2. The van der Waals surface area contributed by atoms with Gasteiger partial charge in [-0.2, -0.15) is 0 Å². The fourth-order valence-corrected chi connectivity index (χ4v) is 3.42. The minimum absolute atomic E-state index is 0.209. The van der Waals surface area contributed by atoms with Crippen LogP contribution >= 0.6 is 34.8 Å². The van der Waals surface area contributed by atoms with Crippen LogP contribution in [0.1, 0.15) is 16.3 Å². The van der Waals surface area contributed by atoms with Crippen molar-refractivity contribution in [2.45, 2.75) is 0 Å². The highest BCUT2D eigenvalue weighted by Gasteiger charge is 2.13. The maximum absolute atomic E-state index is 12.4. The molecule has 144 valence electrons. The van der Waals surface area contributed by atoms with E-state index in [1.54, 1.807) is 48.5 Å². The lowest BCUT2D eigenvalue weighted by molar-refractivity contribution is 0.102. The minimum Gasteiger partial charge on any atom is -0.457 e. The van der Waals surface area contributed by atoms with Crippen molar-refractivity contribution in [3.8, 4) is 22.6 Å². The fraction of sp³-hybridized carbons (Fsp3) is 0. The van der Waals surface area contributed by atoms with E-state index in [0.29, 0.717) is 37.9 Å². The Balaban J connectivity index is 1.52. The molecule has 0 amide bonds. The number of benzene rings is 2. The molecule has 2 heterocycles. The van der Waals surface area contributed by atoms with Crippen LogP contribution in [0.3, 0.4) is 0 Å². The molecule has 0 aliphatic rings. The van der Waals surface area contributed by atoms with E-state index in [0.717, 1.165) is 5.56 Å². The third-order valence-electron chi connectivity index (χ3n) is 4.23. The highest BCUT2D eigenvalue weighted by Crippen LogP contribution is 2.34. The number of hydrogen-bond acceptors (Lipinski definition) is 3. The van der Waals surface area contributed by atoms with Crippen molar-refractivity contribution in [1.29, 1.82) is 0 Å². The van der Waals surface area contributed by atoms with Crippen molar-refractivity contribution >= 4 is 46.7 Å². The topological polar surface area (TPSA) is 43.4 Å². The Kier molecular flexibility index (Phi) is 5.63. The lowest BCUT2D eigenvalue weighted by Crippen LogP contribution is -1.90. The average Bonchev–Trinajstić information content (AvgIpc) is 3.38. The molecule has 0 saturated carbocycles. The van der Waals surface area contributed by atoms with E-state index in [4.69, 9.17) is 43.6 Å². The Morgan fingerprint density at radius 1 is 0.724 bits per heavy atom. The highest BCUT2D eigenvalue weighted by molar-refractivity contribution is 6.43. The molecule has 0 aliphatic carbocycles. The molecule has 0 saturated heterocycles. The summed E-state index contributed by atoms with van der Waals surface area (Å²) in [4.78, 5) is 12.4. The molecule has 0 bridgehead atoms. The molecule has 0 unspecified atom stereocenters. The van der Waals surface area contributed by atoms with Gasteiger partial charge in [0.2, 0.25) is 5.78 Å². The molecule has 3 nitrogen and oxygen atoms in total. The minimum atomic E-state index is -0.290. The van der Waals surface area contributed by atoms with Crippen molar-refractivity contribution in [3.05, 3.63) is 99.4 Å². The zero-order valence-electron chi connectivity index (χ0n) is 14.9. The van der Waals surface area contributed by atoms with Gasteiger partial charge < -0.3 is 8.83 Å². The molecule has 6 heteroatoms. The molecule has 0 radical (unpaired) electrons. The largest absolute Gasteiger partial charge is 0.457 e. The third-order valence-corrected chi connectivity index (χ3v) is 5.38. The summed E-state index contributed by atoms with van der Waals surface area (Å²) in [6.45, 7) is 0. The van der Waals surface area contributed by atoms with Gasteiger partial charge in [0, 0.05) is 11.1 Å². The van der Waals surface area contributed by atoms with Crippen molar-refractivity contribution in [2.24, 2.45) is 0 Å². The smallest absolute Gasteiger partial charge is 0.221 e. The zero-order chi connectivity index (χ0) is 20.4. The Bertz CT molecular complexity index is 1220. The molecule has 29 heavy (non-hydrogen) atoms. The number of halogens is 3. The molecule has 0 N–H and O–H groups in total. The average molecular weight is 444 g/mol. The Labute approximate surface area is 182 Å². The molecular weight excluding hydrogens is 431 g/mol. The van der Waals surface area contributed by atoms with Crippen LogP contribution in [0.5, 0.6) is 0 Å². The molecule has 0 atom stereocenters. The molecular formula is C23H13Cl3O3. The van der Waals surface area contributed by atoms with Crippen LogP contribution in [-0.2, 0) is 0 Å². The van der Waals surface area contributed by atoms with E-state index in [9.17, 15) is 4.79 Å². The lowest BCUT2D eigenvalue weighted by Gasteiger charge is -2.01. The van der Waals surface area contributed by atoms with Gasteiger partial charge in [-0.1, -0.05) is 53.0 Å². The Morgan fingerprint density at radius 2 is 1.41 bits per heavy atom. The van der Waals surface area contributed by atoms with E-state index < -0.39 is 0 Å².